The average molecular weight is 397 g/mol. The molecule has 0 aromatic heterocycles. The van der Waals surface area contributed by atoms with Gasteiger partial charge in [-0.15, -0.1) is 0 Å². The number of halogens is 1. The molecule has 2 aromatic rings. The van der Waals surface area contributed by atoms with Gasteiger partial charge in [-0.1, -0.05) is 39.8 Å². The third kappa shape index (κ3) is 5.04. The zero-order valence-corrected chi connectivity index (χ0v) is 17.4. The van der Waals surface area contributed by atoms with Crippen LogP contribution in [-0.2, 0) is 6.54 Å². The van der Waals surface area contributed by atoms with Crippen LogP contribution in [0.25, 0.3) is 6.08 Å². The van der Waals surface area contributed by atoms with E-state index < -0.39 is 0 Å². The van der Waals surface area contributed by atoms with Crippen molar-refractivity contribution in [3.8, 4) is 11.5 Å². The highest BCUT2D eigenvalue weighted by molar-refractivity contribution is 6.15. The Kier molecular flexibility index (Phi) is 6.38. The van der Waals surface area contributed by atoms with Crippen molar-refractivity contribution in [1.29, 1.82) is 0 Å². The fourth-order valence-corrected chi connectivity index (χ4v) is 3.62. The number of carbonyl (C=O) groups is 1. The van der Waals surface area contributed by atoms with Crippen LogP contribution >= 0.6 is 0 Å². The summed E-state index contributed by atoms with van der Waals surface area (Å²) < 4.78 is 19.0. The van der Waals surface area contributed by atoms with Gasteiger partial charge in [-0.3, -0.25) is 9.69 Å². The molecule has 4 nitrogen and oxygen atoms in total. The summed E-state index contributed by atoms with van der Waals surface area (Å²) in [5.74, 6) is 1.10. The molecule has 154 valence electrons. The molecule has 1 N–H and O–H groups in total. The minimum atomic E-state index is -0.336. The minimum absolute atomic E-state index is 0.122. The van der Waals surface area contributed by atoms with Gasteiger partial charge in [-0.25, -0.2) is 4.39 Å². The summed E-state index contributed by atoms with van der Waals surface area (Å²) in [5, 5.41) is 10.5. The number of Topliss-reactive ketones (excluding diaryl/α,β-unsaturated/α-hetero) is 1. The van der Waals surface area contributed by atoms with Gasteiger partial charge in [-0.05, 0) is 47.7 Å². The number of nitrogens with zero attached hydrogens (tertiary/aromatic N) is 1. The summed E-state index contributed by atoms with van der Waals surface area (Å²) in [5.41, 5.74) is 1.74. The molecule has 0 saturated carbocycles. The van der Waals surface area contributed by atoms with Gasteiger partial charge in [0.25, 0.3) is 0 Å². The lowest BCUT2D eigenvalue weighted by Gasteiger charge is -2.27. The minimum Gasteiger partial charge on any atom is -0.507 e. The summed E-state index contributed by atoms with van der Waals surface area (Å²) >= 11 is 0. The van der Waals surface area contributed by atoms with E-state index in [0.717, 1.165) is 13.1 Å². The summed E-state index contributed by atoms with van der Waals surface area (Å²) in [6, 6.07) is 9.01. The normalized spacial score (nSPS) is 14.9. The standard InChI is InChI=1S/C24H28FNO3/c1-15(2)12-26(13-16(3)4)14-20-21(27)10-9-19-23(28)22(29-24(19)20)11-17-5-7-18(25)8-6-17/h5-11,15-16,27H,12-14H2,1-4H3/b22-11+. The maximum atomic E-state index is 13.1. The predicted octanol–water partition coefficient (Wildman–Crippen LogP) is 5.26. The number of carbonyl (C=O) groups excluding carboxylic acids is 1. The molecule has 0 bridgehead atoms. The van der Waals surface area contributed by atoms with Crippen molar-refractivity contribution in [2.75, 3.05) is 13.1 Å². The Hall–Kier alpha value is -2.66. The lowest BCUT2D eigenvalue weighted by Crippen LogP contribution is -2.31. The molecule has 2 aromatic carbocycles. The highest BCUT2D eigenvalue weighted by atomic mass is 19.1. The van der Waals surface area contributed by atoms with E-state index in [2.05, 4.69) is 32.6 Å². The Bertz CT molecular complexity index is 906. The molecule has 0 radical (unpaired) electrons. The number of rotatable bonds is 7. The van der Waals surface area contributed by atoms with Crippen molar-refractivity contribution < 1.29 is 19.0 Å². The van der Waals surface area contributed by atoms with Crippen LogP contribution in [0, 0.1) is 17.7 Å². The summed E-state index contributed by atoms with van der Waals surface area (Å²) in [6.45, 7) is 10.9. The molecule has 0 atom stereocenters. The fourth-order valence-electron chi connectivity index (χ4n) is 3.62. The third-order valence-electron chi connectivity index (χ3n) is 4.71. The number of benzene rings is 2. The van der Waals surface area contributed by atoms with Crippen LogP contribution in [0.3, 0.4) is 0 Å². The number of hydrogen-bond donors (Lipinski definition) is 1. The van der Waals surface area contributed by atoms with Crippen LogP contribution in [0.15, 0.2) is 42.2 Å². The molecule has 5 heteroatoms. The maximum absolute atomic E-state index is 13.1. The van der Waals surface area contributed by atoms with Crippen LogP contribution in [0.2, 0.25) is 0 Å². The Morgan fingerprint density at radius 3 is 2.24 bits per heavy atom. The predicted molar refractivity (Wildman–Crippen MR) is 112 cm³/mol. The molecule has 29 heavy (non-hydrogen) atoms. The summed E-state index contributed by atoms with van der Waals surface area (Å²) in [6.07, 6.45) is 1.60. The number of aromatic hydroxyl groups is 1. The van der Waals surface area contributed by atoms with E-state index in [9.17, 15) is 14.3 Å². The molecule has 0 unspecified atom stereocenters. The van der Waals surface area contributed by atoms with E-state index in [-0.39, 0.29) is 23.1 Å². The number of hydrogen-bond acceptors (Lipinski definition) is 4. The number of phenolic OH excluding ortho intramolecular Hbond substituents is 1. The second-order valence-corrected chi connectivity index (χ2v) is 8.41. The van der Waals surface area contributed by atoms with Crippen LogP contribution in [0.1, 0.15) is 49.2 Å². The number of phenols is 1. The SMILES string of the molecule is CC(C)CN(Cc1c(O)ccc2c1O/C(=C/c1ccc(F)cc1)C2=O)CC(C)C. The highest BCUT2D eigenvalue weighted by Gasteiger charge is 2.31. The molecular formula is C24H28FNO3. The van der Waals surface area contributed by atoms with Crippen LogP contribution < -0.4 is 4.74 Å². The van der Waals surface area contributed by atoms with Crippen molar-refractivity contribution in [3.05, 3.63) is 64.7 Å². The molecule has 3 rings (SSSR count). The largest absolute Gasteiger partial charge is 0.507 e. The first-order valence-corrected chi connectivity index (χ1v) is 10.0. The monoisotopic (exact) mass is 397 g/mol. The van der Waals surface area contributed by atoms with E-state index >= 15 is 0 Å². The quantitative estimate of drug-likeness (QED) is 0.648. The lowest BCUT2D eigenvalue weighted by atomic mass is 10.0. The summed E-state index contributed by atoms with van der Waals surface area (Å²) in [7, 11) is 0. The Morgan fingerprint density at radius 1 is 1.03 bits per heavy atom. The fraction of sp³-hybridized carbons (Fsp3) is 0.375. The number of ether oxygens (including phenoxy) is 1. The van der Waals surface area contributed by atoms with Crippen molar-refractivity contribution in [3.63, 3.8) is 0 Å². The molecule has 0 aliphatic carbocycles. The van der Waals surface area contributed by atoms with Gasteiger partial charge in [0.05, 0.1) is 11.1 Å². The molecular weight excluding hydrogens is 369 g/mol. The summed E-state index contributed by atoms with van der Waals surface area (Å²) in [4.78, 5) is 15.1. The van der Waals surface area contributed by atoms with E-state index in [4.69, 9.17) is 4.74 Å². The van der Waals surface area contributed by atoms with Crippen LogP contribution in [-0.4, -0.2) is 28.9 Å². The lowest BCUT2D eigenvalue weighted by molar-refractivity contribution is 0.101. The second-order valence-electron chi connectivity index (χ2n) is 8.41. The smallest absolute Gasteiger partial charge is 0.231 e. The molecule has 0 amide bonds. The number of allylic oxidation sites excluding steroid dienone is 1. The van der Waals surface area contributed by atoms with E-state index in [1.807, 2.05) is 0 Å². The van der Waals surface area contributed by atoms with Crippen LogP contribution in [0.5, 0.6) is 11.5 Å². The van der Waals surface area contributed by atoms with Gasteiger partial charge in [0.1, 0.15) is 17.3 Å². The molecule has 1 heterocycles. The zero-order chi connectivity index (χ0) is 21.1. The van der Waals surface area contributed by atoms with Crippen molar-refractivity contribution >= 4 is 11.9 Å². The average Bonchev–Trinajstić information content (AvgIpc) is 2.94. The van der Waals surface area contributed by atoms with E-state index in [1.165, 1.54) is 12.1 Å². The first-order valence-electron chi connectivity index (χ1n) is 10.0. The van der Waals surface area contributed by atoms with Gasteiger partial charge in [0.2, 0.25) is 5.78 Å². The molecule has 0 fully saturated rings. The Balaban J connectivity index is 1.92. The van der Waals surface area contributed by atoms with Crippen molar-refractivity contribution in [1.82, 2.24) is 4.90 Å². The topological polar surface area (TPSA) is 49.8 Å². The van der Waals surface area contributed by atoms with Gasteiger partial charge >= 0.3 is 0 Å². The zero-order valence-electron chi connectivity index (χ0n) is 17.4. The molecule has 0 spiro atoms. The van der Waals surface area contributed by atoms with Gasteiger partial charge in [0.15, 0.2) is 5.76 Å². The van der Waals surface area contributed by atoms with E-state index in [0.29, 0.717) is 40.8 Å². The van der Waals surface area contributed by atoms with Crippen molar-refractivity contribution in [2.24, 2.45) is 11.8 Å². The second kappa shape index (κ2) is 8.78. The van der Waals surface area contributed by atoms with Crippen LogP contribution in [0.4, 0.5) is 4.39 Å². The maximum Gasteiger partial charge on any atom is 0.231 e. The van der Waals surface area contributed by atoms with E-state index in [1.54, 1.807) is 30.3 Å². The molecule has 0 saturated heterocycles. The third-order valence-corrected chi connectivity index (χ3v) is 4.71. The van der Waals surface area contributed by atoms with Gasteiger partial charge in [-0.2, -0.15) is 0 Å². The van der Waals surface area contributed by atoms with Crippen molar-refractivity contribution in [2.45, 2.75) is 34.2 Å². The highest BCUT2D eigenvalue weighted by Crippen LogP contribution is 2.40. The van der Waals surface area contributed by atoms with Gasteiger partial charge < -0.3 is 9.84 Å². The first kappa shape index (κ1) is 21.1. The Labute approximate surface area is 171 Å². The first-order chi connectivity index (χ1) is 13.7. The van der Waals surface area contributed by atoms with Gasteiger partial charge in [0, 0.05) is 19.6 Å². The molecule has 1 aliphatic rings. The number of fused-ring (bicyclic) bond motifs is 1. The Morgan fingerprint density at radius 2 is 1.66 bits per heavy atom. The molecule has 1 aliphatic heterocycles. The number of ketones is 1.